The van der Waals surface area contributed by atoms with Crippen LogP contribution in [0.5, 0.6) is 0 Å². The summed E-state index contributed by atoms with van der Waals surface area (Å²) < 4.78 is 5.53. The maximum Gasteiger partial charge on any atom is 0.306 e. The first-order valence-electron chi connectivity index (χ1n) is 10.5. The van der Waals surface area contributed by atoms with Gasteiger partial charge in [0.1, 0.15) is 0 Å². The summed E-state index contributed by atoms with van der Waals surface area (Å²) in [6.07, 6.45) is 5.43. The molecule has 0 aromatic carbocycles. The molecule has 2 aliphatic rings. The number of nitrogens with zero attached hydrogens (tertiary/aromatic N) is 2. The van der Waals surface area contributed by atoms with Crippen molar-refractivity contribution >= 4 is 23.0 Å². The monoisotopic (exact) mass is 399 g/mol. The minimum Gasteiger partial charge on any atom is -0.481 e. The second-order valence-electron chi connectivity index (χ2n) is 9.78. The zero-order valence-corrected chi connectivity index (χ0v) is 17.3. The van der Waals surface area contributed by atoms with E-state index in [2.05, 4.69) is 36.2 Å². The highest BCUT2D eigenvalue weighted by Gasteiger charge is 2.31. The molecule has 0 unspecified atom stereocenters. The number of carbonyl (C=O) groups is 2. The molecule has 0 aliphatic heterocycles. The summed E-state index contributed by atoms with van der Waals surface area (Å²) in [4.78, 5) is 29.0. The number of carboxylic acid groups (broad SMARTS) is 1. The summed E-state index contributed by atoms with van der Waals surface area (Å²) in [7, 11) is 0. The molecule has 29 heavy (non-hydrogen) atoms. The molecule has 2 aliphatic carbocycles. The predicted octanol–water partition coefficient (Wildman–Crippen LogP) is 4.06. The molecule has 0 saturated heterocycles. The van der Waals surface area contributed by atoms with Gasteiger partial charge in [-0.3, -0.25) is 9.59 Å². The summed E-state index contributed by atoms with van der Waals surface area (Å²) in [6, 6.07) is 1.90. The van der Waals surface area contributed by atoms with E-state index in [9.17, 15) is 14.7 Å². The van der Waals surface area contributed by atoms with Gasteiger partial charge < -0.3 is 14.9 Å². The fourth-order valence-electron chi connectivity index (χ4n) is 4.17. The number of pyridine rings is 1. The van der Waals surface area contributed by atoms with Crippen molar-refractivity contribution in [2.24, 2.45) is 11.3 Å². The topological polar surface area (TPSA) is 105 Å². The minimum absolute atomic E-state index is 0.00191. The van der Waals surface area contributed by atoms with Crippen LogP contribution in [0.15, 0.2) is 10.6 Å². The summed E-state index contributed by atoms with van der Waals surface area (Å²) in [5.74, 6) is -0.783. The van der Waals surface area contributed by atoms with Crippen molar-refractivity contribution in [3.8, 4) is 0 Å². The number of nitrogens with one attached hydrogen (secondary N) is 1. The fourth-order valence-corrected chi connectivity index (χ4v) is 4.17. The van der Waals surface area contributed by atoms with E-state index in [1.807, 2.05) is 6.07 Å². The molecule has 7 heteroatoms. The van der Waals surface area contributed by atoms with Crippen LogP contribution in [-0.2, 0) is 11.2 Å². The van der Waals surface area contributed by atoms with Crippen molar-refractivity contribution in [2.75, 3.05) is 0 Å². The Morgan fingerprint density at radius 3 is 2.45 bits per heavy atom. The zero-order chi connectivity index (χ0) is 20.8. The second kappa shape index (κ2) is 7.43. The van der Waals surface area contributed by atoms with Gasteiger partial charge in [-0.2, -0.15) is 0 Å². The summed E-state index contributed by atoms with van der Waals surface area (Å²) in [5.41, 5.74) is 2.69. The Kier molecular flexibility index (Phi) is 5.09. The normalized spacial score (nSPS) is 22.6. The van der Waals surface area contributed by atoms with E-state index in [-0.39, 0.29) is 23.3 Å². The van der Waals surface area contributed by atoms with Gasteiger partial charge in [0.05, 0.1) is 22.6 Å². The Balaban J connectivity index is 1.61. The van der Waals surface area contributed by atoms with Crippen LogP contribution in [0, 0.1) is 11.3 Å². The lowest BCUT2D eigenvalue weighted by Gasteiger charge is -2.27. The highest BCUT2D eigenvalue weighted by atomic mass is 16.5. The maximum absolute atomic E-state index is 13.2. The number of carboxylic acids is 1. The van der Waals surface area contributed by atoms with Gasteiger partial charge >= 0.3 is 5.97 Å². The van der Waals surface area contributed by atoms with Crippen LogP contribution in [0.2, 0.25) is 0 Å². The smallest absolute Gasteiger partial charge is 0.306 e. The number of carbonyl (C=O) groups excluding carboxylic acids is 1. The van der Waals surface area contributed by atoms with E-state index in [1.54, 1.807) is 0 Å². The highest BCUT2D eigenvalue weighted by molar-refractivity contribution is 6.06. The third-order valence-electron chi connectivity index (χ3n) is 5.89. The van der Waals surface area contributed by atoms with Gasteiger partial charge in [-0.15, -0.1) is 0 Å². The van der Waals surface area contributed by atoms with Crippen molar-refractivity contribution in [3.63, 3.8) is 0 Å². The van der Waals surface area contributed by atoms with Crippen LogP contribution >= 0.6 is 0 Å². The molecular formula is C22H29N3O4. The number of hydrogen-bond acceptors (Lipinski definition) is 5. The summed E-state index contributed by atoms with van der Waals surface area (Å²) in [6.45, 7) is 6.38. The molecule has 2 saturated carbocycles. The van der Waals surface area contributed by atoms with E-state index < -0.39 is 5.97 Å². The van der Waals surface area contributed by atoms with Crippen molar-refractivity contribution in [1.29, 1.82) is 0 Å². The number of hydrogen-bond donors (Lipinski definition) is 2. The molecule has 2 N–H and O–H groups in total. The SMILES string of the molecule is CC(C)(C)Cc1noc2nc(C3CC3)cc(C(=O)NC3CCC(C(=O)O)CC3)c12. The van der Waals surface area contributed by atoms with Crippen molar-refractivity contribution in [2.45, 2.75) is 77.7 Å². The Bertz CT molecular complexity index is 931. The molecule has 0 atom stereocenters. The van der Waals surface area contributed by atoms with Crippen molar-refractivity contribution in [3.05, 3.63) is 23.0 Å². The van der Waals surface area contributed by atoms with Gasteiger partial charge in [-0.1, -0.05) is 25.9 Å². The number of aromatic nitrogens is 2. The van der Waals surface area contributed by atoms with E-state index in [0.29, 0.717) is 54.7 Å². The lowest BCUT2D eigenvalue weighted by molar-refractivity contribution is -0.142. The molecule has 4 rings (SSSR count). The first kappa shape index (κ1) is 19.9. The molecule has 2 heterocycles. The molecule has 156 valence electrons. The van der Waals surface area contributed by atoms with Crippen LogP contribution in [0.1, 0.15) is 87.0 Å². The molecule has 2 aromatic heterocycles. The van der Waals surface area contributed by atoms with Gasteiger partial charge in [0.15, 0.2) is 0 Å². The van der Waals surface area contributed by atoms with Crippen LogP contribution in [0.25, 0.3) is 11.1 Å². The van der Waals surface area contributed by atoms with E-state index in [4.69, 9.17) is 4.52 Å². The van der Waals surface area contributed by atoms with Crippen LogP contribution in [0.3, 0.4) is 0 Å². The molecule has 0 radical (unpaired) electrons. The van der Waals surface area contributed by atoms with Crippen molar-refractivity contribution < 1.29 is 19.2 Å². The molecule has 0 spiro atoms. The van der Waals surface area contributed by atoms with Crippen LogP contribution in [0.4, 0.5) is 0 Å². The van der Waals surface area contributed by atoms with Crippen LogP contribution < -0.4 is 5.32 Å². The van der Waals surface area contributed by atoms with E-state index in [1.165, 1.54) is 0 Å². The average Bonchev–Trinajstić information content (AvgIpc) is 3.43. The fraction of sp³-hybridized carbons (Fsp3) is 0.636. The first-order chi connectivity index (χ1) is 13.7. The number of amides is 1. The summed E-state index contributed by atoms with van der Waals surface area (Å²) in [5, 5.41) is 17.3. The first-order valence-corrected chi connectivity index (χ1v) is 10.5. The average molecular weight is 399 g/mol. The lowest BCUT2D eigenvalue weighted by Crippen LogP contribution is -2.38. The number of aliphatic carboxylic acids is 1. The number of rotatable bonds is 5. The Morgan fingerprint density at radius 1 is 1.17 bits per heavy atom. The quantitative estimate of drug-likeness (QED) is 0.785. The van der Waals surface area contributed by atoms with Gasteiger partial charge in [0, 0.05) is 17.7 Å². The molecule has 2 fully saturated rings. The molecule has 1 amide bonds. The minimum atomic E-state index is -0.740. The predicted molar refractivity (Wildman–Crippen MR) is 108 cm³/mol. The lowest BCUT2D eigenvalue weighted by atomic mass is 9.86. The van der Waals surface area contributed by atoms with E-state index >= 15 is 0 Å². The Morgan fingerprint density at radius 2 is 1.86 bits per heavy atom. The van der Waals surface area contributed by atoms with Crippen LogP contribution in [-0.4, -0.2) is 33.2 Å². The number of fused-ring (bicyclic) bond motifs is 1. The zero-order valence-electron chi connectivity index (χ0n) is 17.3. The van der Waals surface area contributed by atoms with Gasteiger partial charge in [0.2, 0.25) is 0 Å². The molecule has 0 bridgehead atoms. The second-order valence-corrected chi connectivity index (χ2v) is 9.78. The third kappa shape index (κ3) is 4.43. The van der Waals surface area contributed by atoms with E-state index in [0.717, 1.165) is 24.2 Å². The van der Waals surface area contributed by atoms with Gasteiger partial charge in [-0.25, -0.2) is 4.98 Å². The maximum atomic E-state index is 13.2. The third-order valence-corrected chi connectivity index (χ3v) is 5.89. The van der Waals surface area contributed by atoms with Gasteiger partial charge in [-0.05, 0) is 56.4 Å². The largest absolute Gasteiger partial charge is 0.481 e. The Labute approximate surface area is 170 Å². The van der Waals surface area contributed by atoms with Gasteiger partial charge in [0.25, 0.3) is 11.6 Å². The van der Waals surface area contributed by atoms with Crippen molar-refractivity contribution in [1.82, 2.24) is 15.5 Å². The molecular weight excluding hydrogens is 370 g/mol. The highest BCUT2D eigenvalue weighted by Crippen LogP contribution is 2.41. The standard InChI is InChI=1S/C22H29N3O4/c1-22(2,3)11-17-18-15(10-16(12-4-5-12)24-20(18)29-25-17)19(26)23-14-8-6-13(7-9-14)21(27)28/h10,12-14H,4-9,11H2,1-3H3,(H,23,26)(H,27,28). The molecule has 7 nitrogen and oxygen atoms in total. The Hall–Kier alpha value is -2.44. The summed E-state index contributed by atoms with van der Waals surface area (Å²) >= 11 is 0. The molecule has 2 aromatic rings.